The second kappa shape index (κ2) is 5.21. The predicted molar refractivity (Wildman–Crippen MR) is 74.9 cm³/mol. The van der Waals surface area contributed by atoms with Gasteiger partial charge in [0.25, 0.3) is 0 Å². The first kappa shape index (κ1) is 11.3. The zero-order valence-corrected chi connectivity index (χ0v) is 10.5. The van der Waals surface area contributed by atoms with Crippen molar-refractivity contribution in [3.63, 3.8) is 0 Å². The van der Waals surface area contributed by atoms with Crippen LogP contribution in [0.2, 0.25) is 0 Å². The van der Waals surface area contributed by atoms with E-state index in [9.17, 15) is 0 Å². The van der Waals surface area contributed by atoms with Gasteiger partial charge in [0.05, 0.1) is 0 Å². The van der Waals surface area contributed by atoms with Gasteiger partial charge in [0.1, 0.15) is 0 Å². The molecule has 1 aromatic carbocycles. The maximum absolute atomic E-state index is 4.08. The molecule has 1 saturated heterocycles. The van der Waals surface area contributed by atoms with Crippen molar-refractivity contribution >= 4 is 5.69 Å². The van der Waals surface area contributed by atoms with E-state index in [0.29, 0.717) is 0 Å². The minimum atomic E-state index is 0.726. The van der Waals surface area contributed by atoms with Gasteiger partial charge in [-0.1, -0.05) is 30.3 Å². The van der Waals surface area contributed by atoms with Crippen LogP contribution >= 0.6 is 0 Å². The van der Waals surface area contributed by atoms with E-state index in [4.69, 9.17) is 0 Å². The minimum Gasteiger partial charge on any atom is -0.371 e. The Labute approximate surface area is 108 Å². The van der Waals surface area contributed by atoms with Crippen molar-refractivity contribution in [2.24, 2.45) is 0 Å². The highest BCUT2D eigenvalue weighted by Crippen LogP contribution is 2.29. The fourth-order valence-corrected chi connectivity index (χ4v) is 2.75. The average Bonchev–Trinajstić information content (AvgIpc) is 2.49. The summed E-state index contributed by atoms with van der Waals surface area (Å²) in [5, 5.41) is 0. The molecule has 0 spiro atoms. The standard InChI is InChI=1S/C16H18N2/c1-2-4-14(5-3-1)15-8-12-18(13-9-15)16-6-10-17-11-7-16/h1-7,10-11,15H,8-9,12-13H2. The maximum atomic E-state index is 4.08. The summed E-state index contributed by atoms with van der Waals surface area (Å²) in [7, 11) is 0. The lowest BCUT2D eigenvalue weighted by Gasteiger charge is -2.33. The van der Waals surface area contributed by atoms with Crippen molar-refractivity contribution in [3.8, 4) is 0 Å². The smallest absolute Gasteiger partial charge is 0.0397 e. The number of rotatable bonds is 2. The molecular weight excluding hydrogens is 220 g/mol. The highest BCUT2D eigenvalue weighted by Gasteiger charge is 2.20. The Morgan fingerprint density at radius 1 is 0.889 bits per heavy atom. The minimum absolute atomic E-state index is 0.726. The largest absolute Gasteiger partial charge is 0.371 e. The first-order chi connectivity index (χ1) is 8.93. The number of benzene rings is 1. The third-order valence-electron chi connectivity index (χ3n) is 3.79. The first-order valence-electron chi connectivity index (χ1n) is 6.63. The summed E-state index contributed by atoms with van der Waals surface area (Å²) in [6.07, 6.45) is 6.23. The lowest BCUT2D eigenvalue weighted by molar-refractivity contribution is 0.505. The monoisotopic (exact) mass is 238 g/mol. The molecule has 0 saturated carbocycles. The molecule has 3 rings (SSSR count). The zero-order valence-electron chi connectivity index (χ0n) is 10.5. The van der Waals surface area contributed by atoms with E-state index in [-0.39, 0.29) is 0 Å². The molecule has 0 aliphatic carbocycles. The van der Waals surface area contributed by atoms with Gasteiger partial charge in [-0.15, -0.1) is 0 Å². The van der Waals surface area contributed by atoms with Crippen molar-refractivity contribution in [2.75, 3.05) is 18.0 Å². The molecule has 2 aromatic rings. The van der Waals surface area contributed by atoms with Crippen LogP contribution in [0, 0.1) is 0 Å². The predicted octanol–water partition coefficient (Wildman–Crippen LogP) is 3.47. The Morgan fingerprint density at radius 3 is 2.22 bits per heavy atom. The summed E-state index contributed by atoms with van der Waals surface area (Å²) < 4.78 is 0. The third kappa shape index (κ3) is 2.37. The van der Waals surface area contributed by atoms with Gasteiger partial charge in [0.15, 0.2) is 0 Å². The second-order valence-electron chi connectivity index (χ2n) is 4.88. The number of pyridine rings is 1. The van der Waals surface area contributed by atoms with Crippen LogP contribution in [0.25, 0.3) is 0 Å². The Balaban J connectivity index is 1.65. The van der Waals surface area contributed by atoms with Crippen LogP contribution in [0.3, 0.4) is 0 Å². The van der Waals surface area contributed by atoms with Crippen molar-refractivity contribution < 1.29 is 0 Å². The van der Waals surface area contributed by atoms with Crippen LogP contribution in [-0.2, 0) is 0 Å². The van der Waals surface area contributed by atoms with E-state index >= 15 is 0 Å². The summed E-state index contributed by atoms with van der Waals surface area (Å²) in [6, 6.07) is 15.1. The van der Waals surface area contributed by atoms with E-state index in [2.05, 4.69) is 52.3 Å². The van der Waals surface area contributed by atoms with Crippen LogP contribution < -0.4 is 4.90 Å². The number of nitrogens with zero attached hydrogens (tertiary/aromatic N) is 2. The molecule has 1 aliphatic rings. The number of aromatic nitrogens is 1. The normalized spacial score (nSPS) is 16.8. The van der Waals surface area contributed by atoms with Gasteiger partial charge in [0, 0.05) is 31.2 Å². The molecule has 1 fully saturated rings. The molecule has 0 unspecified atom stereocenters. The van der Waals surface area contributed by atoms with Crippen molar-refractivity contribution in [1.82, 2.24) is 4.98 Å². The van der Waals surface area contributed by atoms with Crippen molar-refractivity contribution in [3.05, 3.63) is 60.4 Å². The molecule has 0 radical (unpaired) electrons. The Kier molecular flexibility index (Phi) is 3.26. The molecular formula is C16H18N2. The molecule has 92 valence electrons. The fraction of sp³-hybridized carbons (Fsp3) is 0.312. The number of hydrogen-bond donors (Lipinski definition) is 0. The lowest BCUT2D eigenvalue weighted by atomic mass is 9.89. The lowest BCUT2D eigenvalue weighted by Crippen LogP contribution is -2.32. The molecule has 2 heteroatoms. The van der Waals surface area contributed by atoms with E-state index in [1.807, 2.05) is 12.4 Å². The van der Waals surface area contributed by atoms with Crippen LogP contribution in [0.5, 0.6) is 0 Å². The van der Waals surface area contributed by atoms with Gasteiger partial charge in [-0.2, -0.15) is 0 Å². The SMILES string of the molecule is c1ccc(C2CCN(c3ccncc3)CC2)cc1. The van der Waals surface area contributed by atoms with E-state index in [1.165, 1.54) is 24.1 Å². The highest BCUT2D eigenvalue weighted by molar-refractivity contribution is 5.45. The summed E-state index contributed by atoms with van der Waals surface area (Å²) in [5.74, 6) is 0.726. The van der Waals surface area contributed by atoms with Gasteiger partial charge in [-0.25, -0.2) is 0 Å². The Bertz CT molecular complexity index is 425. The number of anilines is 1. The molecule has 1 aromatic heterocycles. The third-order valence-corrected chi connectivity index (χ3v) is 3.79. The molecule has 2 heterocycles. The molecule has 0 bridgehead atoms. The van der Waals surface area contributed by atoms with Crippen LogP contribution in [0.4, 0.5) is 5.69 Å². The second-order valence-corrected chi connectivity index (χ2v) is 4.88. The maximum Gasteiger partial charge on any atom is 0.0397 e. The zero-order chi connectivity index (χ0) is 12.2. The van der Waals surface area contributed by atoms with Gasteiger partial charge in [-0.05, 0) is 36.5 Å². The van der Waals surface area contributed by atoms with Gasteiger partial charge in [-0.3, -0.25) is 4.98 Å². The number of hydrogen-bond acceptors (Lipinski definition) is 2. The van der Waals surface area contributed by atoms with E-state index < -0.39 is 0 Å². The van der Waals surface area contributed by atoms with E-state index in [1.54, 1.807) is 0 Å². The average molecular weight is 238 g/mol. The van der Waals surface area contributed by atoms with Crippen LogP contribution in [0.1, 0.15) is 24.3 Å². The fourth-order valence-electron chi connectivity index (χ4n) is 2.75. The van der Waals surface area contributed by atoms with Gasteiger partial charge in [0.2, 0.25) is 0 Å². The molecule has 0 N–H and O–H groups in total. The van der Waals surface area contributed by atoms with Crippen molar-refractivity contribution in [1.29, 1.82) is 0 Å². The van der Waals surface area contributed by atoms with Crippen LogP contribution in [0.15, 0.2) is 54.9 Å². The van der Waals surface area contributed by atoms with Gasteiger partial charge >= 0.3 is 0 Å². The molecule has 18 heavy (non-hydrogen) atoms. The summed E-state index contributed by atoms with van der Waals surface area (Å²) in [4.78, 5) is 6.54. The first-order valence-corrected chi connectivity index (χ1v) is 6.63. The summed E-state index contributed by atoms with van der Waals surface area (Å²) in [6.45, 7) is 2.28. The van der Waals surface area contributed by atoms with Crippen LogP contribution in [-0.4, -0.2) is 18.1 Å². The Morgan fingerprint density at radius 2 is 1.56 bits per heavy atom. The summed E-state index contributed by atoms with van der Waals surface area (Å²) >= 11 is 0. The number of piperidine rings is 1. The quantitative estimate of drug-likeness (QED) is 0.796. The van der Waals surface area contributed by atoms with Crippen molar-refractivity contribution in [2.45, 2.75) is 18.8 Å². The Hall–Kier alpha value is -1.83. The van der Waals surface area contributed by atoms with Gasteiger partial charge < -0.3 is 4.90 Å². The molecule has 0 amide bonds. The highest BCUT2D eigenvalue weighted by atomic mass is 15.1. The molecule has 2 nitrogen and oxygen atoms in total. The summed E-state index contributed by atoms with van der Waals surface area (Å²) in [5.41, 5.74) is 2.79. The topological polar surface area (TPSA) is 16.1 Å². The molecule has 0 atom stereocenters. The molecule has 1 aliphatic heterocycles. The van der Waals surface area contributed by atoms with E-state index in [0.717, 1.165) is 19.0 Å².